The van der Waals surface area contributed by atoms with E-state index in [1.807, 2.05) is 182 Å². The molecule has 0 bridgehead atoms. The Hall–Kier alpha value is -14.3. The minimum Gasteiger partial charge on any atom is -0.302 e. The molecular formula is C109H99F4N13O12S8. The van der Waals surface area contributed by atoms with Gasteiger partial charge in [0.15, 0.2) is 20.5 Å². The first-order valence-electron chi connectivity index (χ1n) is 46.5. The van der Waals surface area contributed by atoms with Crippen LogP contribution in [0.1, 0.15) is 97.5 Å². The van der Waals surface area contributed by atoms with Gasteiger partial charge in [-0.25, -0.2) is 58.0 Å². The summed E-state index contributed by atoms with van der Waals surface area (Å²) in [6.07, 6.45) is -0.385. The van der Waals surface area contributed by atoms with Gasteiger partial charge in [0.25, 0.3) is 40.1 Å². The third-order valence-electron chi connectivity index (χ3n) is 25.2. The number of halogens is 4. The number of amides is 4. The summed E-state index contributed by atoms with van der Waals surface area (Å²) < 4.78 is 166. The van der Waals surface area contributed by atoms with Gasteiger partial charge in [0.05, 0.1) is 96.4 Å². The Morgan fingerprint density at radius 3 is 0.932 bits per heavy atom. The summed E-state index contributed by atoms with van der Waals surface area (Å²) in [6.45, 7) is 18.4. The van der Waals surface area contributed by atoms with Crippen molar-refractivity contribution in [3.8, 4) is 45.0 Å². The molecule has 0 unspecified atom stereocenters. The molecule has 0 atom stereocenters. The number of anilines is 8. The normalized spacial score (nSPS) is 13.1. The molecule has 146 heavy (non-hydrogen) atoms. The zero-order valence-corrected chi connectivity index (χ0v) is 87.1. The van der Waals surface area contributed by atoms with Crippen molar-refractivity contribution in [2.24, 2.45) is 0 Å². The molecule has 0 radical (unpaired) electrons. The molecule has 20 rings (SSSR count). The number of rotatable bonds is 24. The molecule has 0 saturated carbocycles. The van der Waals surface area contributed by atoms with Crippen molar-refractivity contribution in [1.29, 1.82) is 0 Å². The van der Waals surface area contributed by atoms with Gasteiger partial charge in [0.2, 0.25) is 23.6 Å². The van der Waals surface area contributed by atoms with Crippen molar-refractivity contribution in [1.82, 2.24) is 24.9 Å². The smallest absolute Gasteiger partial charge is 0.302 e. The fourth-order valence-corrected chi connectivity index (χ4v) is 28.4. The zero-order chi connectivity index (χ0) is 103. The minimum atomic E-state index is -4.55. The number of carbonyl (C=O) groups is 4. The highest BCUT2D eigenvalue weighted by Gasteiger charge is 2.39. The van der Waals surface area contributed by atoms with E-state index < -0.39 is 64.2 Å². The van der Waals surface area contributed by atoms with Crippen LogP contribution in [0, 0.1) is 68.1 Å². The number of nitrogens with one attached hydrogen (secondary N) is 4. The number of carbonyl (C=O) groups excluding carboxylic acids is 4. The van der Waals surface area contributed by atoms with Crippen LogP contribution in [0.15, 0.2) is 287 Å². The molecule has 4 amide bonds. The first-order valence-corrected chi connectivity index (χ1v) is 55.6. The van der Waals surface area contributed by atoms with Crippen LogP contribution >= 0.6 is 45.3 Å². The third kappa shape index (κ3) is 22.7. The van der Waals surface area contributed by atoms with Crippen LogP contribution in [0.25, 0.3) is 45.0 Å². The average Bonchev–Trinajstić information content (AvgIpc) is 1.60. The molecule has 16 aromatic rings. The van der Waals surface area contributed by atoms with Gasteiger partial charge in [-0.1, -0.05) is 158 Å². The number of aromatic nitrogens is 5. The first kappa shape index (κ1) is 103. The van der Waals surface area contributed by atoms with Gasteiger partial charge in [-0.2, -0.15) is 13.2 Å². The largest absolute Gasteiger partial charge is 0.416 e. The van der Waals surface area contributed by atoms with E-state index in [4.69, 9.17) is 4.98 Å². The Kier molecular flexibility index (Phi) is 30.5. The number of hydrogen-bond donors (Lipinski definition) is 4. The molecule has 11 aromatic carbocycles. The number of sulfonamides is 4. The lowest BCUT2D eigenvalue weighted by Crippen LogP contribution is -2.29. The van der Waals surface area contributed by atoms with E-state index in [9.17, 15) is 70.4 Å². The minimum absolute atomic E-state index is 0.0514. The standard InChI is InChI=1S/C28H24F3N3O3S2.C28H27N3O3S2.C27H24FN3O3S2.C26H24N4O3S2/c1-17-7-3-6-10-24(17)39(36,37)34-14-13-20-15-21(11-12-23(20)34)26-18(2)38-27(33-26)32-25(35)16-19-8-4-5-9-22(19)28(29,30)31;1-18-8-4-6-10-21(18)17-26(32)29-28-30-27(20(3)35-28)23-12-13-24-22(16-23)14-15-31(24)36(33,34)25-11-7-5-9-19(25)2;1-17-6-3-4-9-24(17)36(33,34)31-13-12-20-16-21(10-11-23(20)31)26-18(2)35-27(30-26)29-25(32)15-19-7-5-8-22(28)14-19;1-17-7-3-4-9-23(17)35(32,33)30-14-12-19-15-20(10-11-22(19)30)25-18(2)34-26(29-25)28-24(31)16-21-8-5-6-13-27-21/h3-12,15H,13-14,16H2,1-2H3,(H,32,33,35);4-13,16H,14-15,17H2,1-3H3,(H,29,30,32);3-11,14,16H,12-13,15H2,1-2H3,(H,29,30,32);3-11,13,15H,12,14,16H2,1-2H3,(H,28,29,31). The van der Waals surface area contributed by atoms with Crippen molar-refractivity contribution in [3.63, 3.8) is 0 Å². The summed E-state index contributed by atoms with van der Waals surface area (Å²) in [6, 6.07) is 74.9. The second-order valence-corrected chi connectivity index (χ2v) is 47.5. The summed E-state index contributed by atoms with van der Waals surface area (Å²) in [5.41, 5.74) is 18.1. The fourth-order valence-electron chi connectivity index (χ4n) is 18.1. The Morgan fingerprint density at radius 1 is 0.322 bits per heavy atom. The number of hydrogen-bond acceptors (Lipinski definition) is 21. The lowest BCUT2D eigenvalue weighted by Gasteiger charge is -2.21. The molecule has 37 heteroatoms. The summed E-state index contributed by atoms with van der Waals surface area (Å²) in [5, 5.41) is 13.1. The van der Waals surface area contributed by atoms with Crippen LogP contribution < -0.4 is 38.5 Å². The maximum Gasteiger partial charge on any atom is 0.416 e. The number of fused-ring (bicyclic) bond motifs is 4. The van der Waals surface area contributed by atoms with E-state index in [0.29, 0.717) is 139 Å². The van der Waals surface area contributed by atoms with Gasteiger partial charge in [0.1, 0.15) is 5.82 Å². The zero-order valence-electron chi connectivity index (χ0n) is 80.6. The van der Waals surface area contributed by atoms with Crippen molar-refractivity contribution < 1.29 is 70.4 Å². The topological polar surface area (TPSA) is 330 Å². The fraction of sp³-hybridized carbons (Fsp3) is 0.202. The Morgan fingerprint density at radius 2 is 0.616 bits per heavy atom. The van der Waals surface area contributed by atoms with Gasteiger partial charge in [-0.05, 0) is 258 Å². The first-order chi connectivity index (χ1) is 69.7. The molecule has 25 nitrogen and oxygen atoms in total. The van der Waals surface area contributed by atoms with Crippen LogP contribution in [-0.4, -0.2) is 108 Å². The Labute approximate surface area is 860 Å². The molecule has 9 heterocycles. The highest BCUT2D eigenvalue weighted by atomic mass is 32.2. The average molecular weight is 2120 g/mol. The van der Waals surface area contributed by atoms with E-state index in [1.54, 1.807) is 111 Å². The van der Waals surface area contributed by atoms with E-state index in [0.717, 1.165) is 109 Å². The quantitative estimate of drug-likeness (QED) is 0.0408. The summed E-state index contributed by atoms with van der Waals surface area (Å²) >= 11 is 5.44. The highest BCUT2D eigenvalue weighted by Crippen LogP contribution is 2.46. The third-order valence-corrected chi connectivity index (χ3v) is 36.7. The molecule has 0 fully saturated rings. The van der Waals surface area contributed by atoms with E-state index >= 15 is 0 Å². The van der Waals surface area contributed by atoms with Crippen LogP contribution in [-0.2, 0) is 117 Å². The van der Waals surface area contributed by atoms with Crippen molar-refractivity contribution >= 4 is 152 Å². The van der Waals surface area contributed by atoms with Gasteiger partial charge in [-0.15, -0.1) is 45.3 Å². The van der Waals surface area contributed by atoms with E-state index in [2.05, 4.69) is 41.2 Å². The number of pyridine rings is 1. The van der Waals surface area contributed by atoms with Crippen molar-refractivity contribution in [2.45, 2.75) is 139 Å². The molecule has 4 N–H and O–H groups in total. The molecule has 4 aliphatic rings. The molecule has 5 aromatic heterocycles. The second kappa shape index (κ2) is 43.2. The van der Waals surface area contributed by atoms with Crippen LogP contribution in [0.5, 0.6) is 0 Å². The van der Waals surface area contributed by atoms with Crippen LogP contribution in [0.4, 0.5) is 60.8 Å². The molecular weight excluding hydrogens is 2020 g/mol. The van der Waals surface area contributed by atoms with Crippen molar-refractivity contribution in [3.05, 3.63) is 370 Å². The number of alkyl halides is 3. The monoisotopic (exact) mass is 2110 g/mol. The molecule has 0 saturated heterocycles. The maximum absolute atomic E-state index is 13.4. The molecule has 4 aliphatic heterocycles. The highest BCUT2D eigenvalue weighted by molar-refractivity contribution is 7.94. The lowest BCUT2D eigenvalue weighted by molar-refractivity contribution is -0.138. The van der Waals surface area contributed by atoms with Gasteiger partial charge < -0.3 is 21.3 Å². The number of benzene rings is 11. The summed E-state index contributed by atoms with van der Waals surface area (Å²) in [7, 11) is -14.6. The second-order valence-electron chi connectivity index (χ2n) is 35.4. The summed E-state index contributed by atoms with van der Waals surface area (Å²) in [5.74, 6) is -1.52. The van der Waals surface area contributed by atoms with E-state index in [-0.39, 0.29) is 52.0 Å². The SMILES string of the molecule is Cc1ccccc1CC(=O)Nc1nc(-c2ccc3c(c2)CCN3S(=O)(=O)c2ccccc2C)c(C)s1.Cc1ccccc1S(=O)(=O)N1CCc2cc(-c3nc(NC(=O)Cc4cccc(F)c4)sc3C)ccc21.Cc1ccccc1S(=O)(=O)N1CCc2cc(-c3nc(NC(=O)Cc4ccccc4C(F)(F)F)sc3C)ccc21.Cc1ccccc1S(=O)(=O)N1CCc2cc(-c3nc(NC(=O)Cc4ccccn4)sc3C)ccc21. The number of aryl methyl sites for hydroxylation is 9. The predicted molar refractivity (Wildman–Crippen MR) is 569 cm³/mol. The van der Waals surface area contributed by atoms with Crippen LogP contribution in [0.2, 0.25) is 0 Å². The molecule has 748 valence electrons. The molecule has 0 spiro atoms. The van der Waals surface area contributed by atoms with Gasteiger partial charge in [-0.3, -0.25) is 41.4 Å². The number of nitrogens with zero attached hydrogens (tertiary/aromatic N) is 9. The van der Waals surface area contributed by atoms with Gasteiger partial charge in [0, 0.05) is 79.8 Å². The van der Waals surface area contributed by atoms with Gasteiger partial charge >= 0.3 is 6.18 Å². The maximum atomic E-state index is 13.4. The number of thiazole rings is 4. The predicted octanol–water partition coefficient (Wildman–Crippen LogP) is 22.3. The Balaban J connectivity index is 0.000000133. The van der Waals surface area contributed by atoms with Crippen LogP contribution in [0.3, 0.4) is 0 Å². The summed E-state index contributed by atoms with van der Waals surface area (Å²) in [4.78, 5) is 77.7. The Bertz CT molecular complexity index is 8260. The lowest BCUT2D eigenvalue weighted by atomic mass is 10.0. The molecule has 0 aliphatic carbocycles. The van der Waals surface area contributed by atoms with Crippen molar-refractivity contribution in [2.75, 3.05) is 64.7 Å². The van der Waals surface area contributed by atoms with E-state index in [1.165, 1.54) is 92.9 Å².